The Bertz CT molecular complexity index is 856. The maximum Gasteiger partial charge on any atom is 0.252 e. The van der Waals surface area contributed by atoms with Crippen LogP contribution in [0.2, 0.25) is 0 Å². The number of anilines is 3. The van der Waals surface area contributed by atoms with Gasteiger partial charge < -0.3 is 10.2 Å². The molecule has 0 saturated heterocycles. The van der Waals surface area contributed by atoms with Gasteiger partial charge >= 0.3 is 0 Å². The first kappa shape index (κ1) is 14.8. The molecule has 1 aromatic heterocycles. The SMILES string of the molecule is CN(C)c1cccc(Nc2nc(-c3ccccc3)cc(=O)[nH]2)c1. The largest absolute Gasteiger partial charge is 0.378 e. The fourth-order valence-electron chi connectivity index (χ4n) is 2.27. The van der Waals surface area contributed by atoms with Crippen molar-refractivity contribution in [2.24, 2.45) is 0 Å². The van der Waals surface area contributed by atoms with Crippen LogP contribution in [-0.2, 0) is 0 Å². The van der Waals surface area contributed by atoms with Gasteiger partial charge in [-0.1, -0.05) is 36.4 Å². The van der Waals surface area contributed by atoms with Crippen molar-refractivity contribution in [1.29, 1.82) is 0 Å². The highest BCUT2D eigenvalue weighted by molar-refractivity contribution is 5.64. The first-order valence-electron chi connectivity index (χ1n) is 7.33. The molecule has 116 valence electrons. The van der Waals surface area contributed by atoms with Crippen molar-refractivity contribution in [2.45, 2.75) is 0 Å². The monoisotopic (exact) mass is 306 g/mol. The molecule has 0 amide bonds. The molecular formula is C18H18N4O. The number of hydrogen-bond donors (Lipinski definition) is 2. The number of H-pyrrole nitrogens is 1. The van der Waals surface area contributed by atoms with Crippen molar-refractivity contribution in [3.05, 3.63) is 71.0 Å². The Hall–Kier alpha value is -3.08. The highest BCUT2D eigenvalue weighted by Gasteiger charge is 2.05. The van der Waals surface area contributed by atoms with E-state index < -0.39 is 0 Å². The van der Waals surface area contributed by atoms with E-state index >= 15 is 0 Å². The minimum atomic E-state index is -0.190. The van der Waals surface area contributed by atoms with Crippen molar-refractivity contribution < 1.29 is 0 Å². The van der Waals surface area contributed by atoms with Crippen LogP contribution in [-0.4, -0.2) is 24.1 Å². The van der Waals surface area contributed by atoms with E-state index in [1.54, 1.807) is 0 Å². The summed E-state index contributed by atoms with van der Waals surface area (Å²) in [4.78, 5) is 21.1. The number of benzene rings is 2. The Labute approximate surface area is 134 Å². The van der Waals surface area contributed by atoms with Gasteiger partial charge in [-0.05, 0) is 18.2 Å². The highest BCUT2D eigenvalue weighted by Crippen LogP contribution is 2.21. The fraction of sp³-hybridized carbons (Fsp3) is 0.111. The second-order valence-electron chi connectivity index (χ2n) is 5.42. The minimum absolute atomic E-state index is 0.190. The van der Waals surface area contributed by atoms with Gasteiger partial charge in [0.2, 0.25) is 5.95 Å². The van der Waals surface area contributed by atoms with Crippen LogP contribution in [0.4, 0.5) is 17.3 Å². The van der Waals surface area contributed by atoms with Crippen LogP contribution >= 0.6 is 0 Å². The number of nitrogens with one attached hydrogen (secondary N) is 2. The predicted octanol–water partition coefficient (Wildman–Crippen LogP) is 3.25. The average molecular weight is 306 g/mol. The third kappa shape index (κ3) is 3.58. The molecule has 2 N–H and O–H groups in total. The molecule has 0 atom stereocenters. The second kappa shape index (κ2) is 6.36. The summed E-state index contributed by atoms with van der Waals surface area (Å²) in [7, 11) is 3.96. The van der Waals surface area contributed by atoms with Crippen molar-refractivity contribution in [1.82, 2.24) is 9.97 Å². The molecule has 0 aliphatic rings. The molecule has 0 saturated carbocycles. The minimum Gasteiger partial charge on any atom is -0.378 e. The molecule has 3 rings (SSSR count). The number of aromatic amines is 1. The van der Waals surface area contributed by atoms with Gasteiger partial charge in [-0.3, -0.25) is 9.78 Å². The molecule has 0 unspecified atom stereocenters. The van der Waals surface area contributed by atoms with Crippen molar-refractivity contribution in [3.8, 4) is 11.3 Å². The summed E-state index contributed by atoms with van der Waals surface area (Å²) in [6, 6.07) is 19.0. The number of aromatic nitrogens is 2. The lowest BCUT2D eigenvalue weighted by Crippen LogP contribution is -2.11. The molecule has 1 heterocycles. The Morgan fingerprint density at radius 2 is 1.78 bits per heavy atom. The van der Waals surface area contributed by atoms with Crippen LogP contribution in [0.1, 0.15) is 0 Å². The Balaban J connectivity index is 1.93. The zero-order valence-corrected chi connectivity index (χ0v) is 13.1. The third-order valence-corrected chi connectivity index (χ3v) is 3.44. The zero-order valence-electron chi connectivity index (χ0n) is 13.1. The van der Waals surface area contributed by atoms with Gasteiger partial charge in [0.15, 0.2) is 0 Å². The molecule has 0 radical (unpaired) electrons. The van der Waals surface area contributed by atoms with Crippen LogP contribution in [0.25, 0.3) is 11.3 Å². The zero-order chi connectivity index (χ0) is 16.2. The Morgan fingerprint density at radius 3 is 2.52 bits per heavy atom. The van der Waals surface area contributed by atoms with Crippen LogP contribution in [0.15, 0.2) is 65.5 Å². The fourth-order valence-corrected chi connectivity index (χ4v) is 2.27. The van der Waals surface area contributed by atoms with Gasteiger partial charge in [0.05, 0.1) is 5.69 Å². The lowest BCUT2D eigenvalue weighted by atomic mass is 10.1. The lowest BCUT2D eigenvalue weighted by Gasteiger charge is -2.14. The lowest BCUT2D eigenvalue weighted by molar-refractivity contribution is 1.12. The molecule has 0 spiro atoms. The van der Waals surface area contributed by atoms with Gasteiger partial charge in [-0.2, -0.15) is 0 Å². The van der Waals surface area contributed by atoms with Crippen LogP contribution < -0.4 is 15.8 Å². The van der Waals surface area contributed by atoms with Gasteiger partial charge in [-0.15, -0.1) is 0 Å². The molecule has 5 nitrogen and oxygen atoms in total. The van der Waals surface area contributed by atoms with Gasteiger partial charge in [0.1, 0.15) is 0 Å². The molecule has 0 bridgehead atoms. The van der Waals surface area contributed by atoms with E-state index in [0.717, 1.165) is 16.9 Å². The Kier molecular flexibility index (Phi) is 4.10. The maximum absolute atomic E-state index is 11.9. The standard InChI is InChI=1S/C18H18N4O/c1-22(2)15-10-6-9-14(11-15)19-18-20-16(12-17(23)21-18)13-7-4-3-5-8-13/h3-12H,1-2H3,(H2,19,20,21,23). The third-order valence-electron chi connectivity index (χ3n) is 3.44. The second-order valence-corrected chi connectivity index (χ2v) is 5.42. The topological polar surface area (TPSA) is 61.0 Å². The van der Waals surface area contributed by atoms with E-state index in [2.05, 4.69) is 15.3 Å². The Morgan fingerprint density at radius 1 is 1.00 bits per heavy atom. The van der Waals surface area contributed by atoms with Gasteiger partial charge in [-0.25, -0.2) is 4.98 Å². The summed E-state index contributed by atoms with van der Waals surface area (Å²) >= 11 is 0. The van der Waals surface area contributed by atoms with E-state index in [4.69, 9.17) is 0 Å². The first-order chi connectivity index (χ1) is 11.1. The molecule has 23 heavy (non-hydrogen) atoms. The summed E-state index contributed by atoms with van der Waals surface area (Å²) < 4.78 is 0. The van der Waals surface area contributed by atoms with E-state index in [9.17, 15) is 4.79 Å². The highest BCUT2D eigenvalue weighted by atomic mass is 16.1. The molecule has 0 aliphatic carbocycles. The van der Waals surface area contributed by atoms with E-state index in [0.29, 0.717) is 11.6 Å². The first-order valence-corrected chi connectivity index (χ1v) is 7.33. The average Bonchev–Trinajstić information content (AvgIpc) is 2.55. The summed E-state index contributed by atoms with van der Waals surface area (Å²) in [5.41, 5.74) is 3.29. The number of hydrogen-bond acceptors (Lipinski definition) is 4. The number of rotatable bonds is 4. The van der Waals surface area contributed by atoms with Gasteiger partial charge in [0.25, 0.3) is 5.56 Å². The molecule has 5 heteroatoms. The van der Waals surface area contributed by atoms with Gasteiger partial charge in [0, 0.05) is 37.1 Å². The quantitative estimate of drug-likeness (QED) is 0.777. The van der Waals surface area contributed by atoms with Crippen molar-refractivity contribution >= 4 is 17.3 Å². The normalized spacial score (nSPS) is 10.3. The van der Waals surface area contributed by atoms with E-state index in [1.165, 1.54) is 6.07 Å². The molecular weight excluding hydrogens is 288 g/mol. The summed E-state index contributed by atoms with van der Waals surface area (Å²) in [6.45, 7) is 0. The van der Waals surface area contributed by atoms with Crippen LogP contribution in [0, 0.1) is 0 Å². The van der Waals surface area contributed by atoms with Crippen LogP contribution in [0.5, 0.6) is 0 Å². The van der Waals surface area contributed by atoms with Crippen LogP contribution in [0.3, 0.4) is 0 Å². The molecule has 3 aromatic rings. The van der Waals surface area contributed by atoms with E-state index in [-0.39, 0.29) is 5.56 Å². The predicted molar refractivity (Wildman–Crippen MR) is 94.3 cm³/mol. The van der Waals surface area contributed by atoms with E-state index in [1.807, 2.05) is 73.6 Å². The molecule has 0 fully saturated rings. The molecule has 2 aromatic carbocycles. The smallest absolute Gasteiger partial charge is 0.252 e. The maximum atomic E-state index is 11.9. The summed E-state index contributed by atoms with van der Waals surface area (Å²) in [6.07, 6.45) is 0. The summed E-state index contributed by atoms with van der Waals surface area (Å²) in [5.74, 6) is 0.423. The number of nitrogens with zero attached hydrogens (tertiary/aromatic N) is 2. The molecule has 0 aliphatic heterocycles. The van der Waals surface area contributed by atoms with Crippen molar-refractivity contribution in [2.75, 3.05) is 24.3 Å². The van der Waals surface area contributed by atoms with Crippen molar-refractivity contribution in [3.63, 3.8) is 0 Å². The summed E-state index contributed by atoms with van der Waals surface area (Å²) in [5, 5.41) is 3.16.